The van der Waals surface area contributed by atoms with E-state index in [2.05, 4.69) is 51.7 Å². The van der Waals surface area contributed by atoms with Crippen molar-refractivity contribution in [3.8, 4) is 5.75 Å². The molecule has 0 aliphatic carbocycles. The summed E-state index contributed by atoms with van der Waals surface area (Å²) in [6.07, 6.45) is 4.30. The smallest absolute Gasteiger partial charge is 0.341 e. The molecule has 1 aromatic heterocycles. The first kappa shape index (κ1) is 24.4. The lowest BCUT2D eigenvalue weighted by Gasteiger charge is -2.27. The Labute approximate surface area is 212 Å². The zero-order chi connectivity index (χ0) is 23.9. The molecule has 5 nitrogen and oxygen atoms in total. The molecule has 4 rings (SSSR count). The molecule has 2 heterocycles. The van der Waals surface area contributed by atoms with E-state index in [1.54, 1.807) is 23.6 Å². The van der Waals surface area contributed by atoms with Gasteiger partial charge in [0.2, 0.25) is 0 Å². The predicted octanol–water partition coefficient (Wildman–Crippen LogP) is 6.56. The maximum Gasteiger partial charge on any atom is 0.341 e. The van der Waals surface area contributed by atoms with Gasteiger partial charge in [-0.15, -0.1) is 11.3 Å². The van der Waals surface area contributed by atoms with Gasteiger partial charge in [-0.1, -0.05) is 43.0 Å². The van der Waals surface area contributed by atoms with E-state index in [1.165, 1.54) is 10.4 Å². The van der Waals surface area contributed by atoms with Gasteiger partial charge < -0.3 is 9.47 Å². The summed E-state index contributed by atoms with van der Waals surface area (Å²) in [6, 6.07) is 16.2. The number of carbonyl (C=O) groups excluding carboxylic acids is 1. The third-order valence-electron chi connectivity index (χ3n) is 5.49. The van der Waals surface area contributed by atoms with Crippen molar-refractivity contribution in [2.45, 2.75) is 26.4 Å². The van der Waals surface area contributed by atoms with Gasteiger partial charge in [0.05, 0.1) is 16.6 Å². The van der Waals surface area contributed by atoms with Crippen LogP contribution in [-0.4, -0.2) is 36.8 Å². The van der Waals surface area contributed by atoms with E-state index in [0.717, 1.165) is 47.4 Å². The highest BCUT2D eigenvalue weighted by Crippen LogP contribution is 2.40. The quantitative estimate of drug-likeness (QED) is 0.176. The molecule has 0 bridgehead atoms. The van der Waals surface area contributed by atoms with Gasteiger partial charge in [-0.25, -0.2) is 9.79 Å². The van der Waals surface area contributed by atoms with Crippen LogP contribution in [0.1, 0.15) is 38.8 Å². The van der Waals surface area contributed by atoms with Gasteiger partial charge in [0, 0.05) is 30.7 Å². The first-order chi connectivity index (χ1) is 16.6. The van der Waals surface area contributed by atoms with Crippen LogP contribution in [0.5, 0.6) is 5.75 Å². The Kier molecular flexibility index (Phi) is 8.32. The molecule has 1 aliphatic heterocycles. The van der Waals surface area contributed by atoms with Crippen LogP contribution in [0.3, 0.4) is 0 Å². The number of aliphatic imine (C=N–C) groups is 1. The Morgan fingerprint density at radius 3 is 2.82 bits per heavy atom. The largest absolute Gasteiger partial charge is 0.488 e. The standard InChI is InChI=1S/C27H27BrN2O3S/c1-3-14-33-23-11-10-20(15-22(23)28)16-29-26-25(27(31)32-4-2)21-12-13-30(18-24(21)34-26)17-19-8-6-5-7-9-19/h3,5-11,15-16H,1,4,12-14,17-18H2,2H3. The molecule has 0 spiro atoms. The van der Waals surface area contributed by atoms with Gasteiger partial charge in [-0.3, -0.25) is 4.90 Å². The second kappa shape index (κ2) is 11.6. The number of hydrogen-bond donors (Lipinski definition) is 0. The summed E-state index contributed by atoms with van der Waals surface area (Å²) in [6.45, 7) is 8.87. The molecule has 34 heavy (non-hydrogen) atoms. The molecule has 176 valence electrons. The second-order valence-corrected chi connectivity index (χ2v) is 9.84. The lowest BCUT2D eigenvalue weighted by atomic mass is 10.0. The normalized spacial score (nSPS) is 13.6. The summed E-state index contributed by atoms with van der Waals surface area (Å²) in [5.74, 6) is 0.451. The van der Waals surface area contributed by atoms with E-state index in [4.69, 9.17) is 14.5 Å². The van der Waals surface area contributed by atoms with Crippen LogP contribution in [0.25, 0.3) is 0 Å². The van der Waals surface area contributed by atoms with Crippen molar-refractivity contribution in [1.29, 1.82) is 0 Å². The molecule has 0 radical (unpaired) electrons. The van der Waals surface area contributed by atoms with Crippen molar-refractivity contribution < 1.29 is 14.3 Å². The van der Waals surface area contributed by atoms with E-state index >= 15 is 0 Å². The van der Waals surface area contributed by atoms with Crippen LogP contribution in [0.15, 0.2) is 70.7 Å². The Balaban J connectivity index is 1.58. The van der Waals surface area contributed by atoms with Gasteiger partial charge in [0.1, 0.15) is 17.4 Å². The minimum atomic E-state index is -0.294. The van der Waals surface area contributed by atoms with Crippen LogP contribution < -0.4 is 4.74 Å². The fourth-order valence-electron chi connectivity index (χ4n) is 3.92. The Bertz CT molecular complexity index is 1190. The van der Waals surface area contributed by atoms with Crippen LogP contribution >= 0.6 is 27.3 Å². The molecule has 0 saturated heterocycles. The van der Waals surface area contributed by atoms with E-state index in [9.17, 15) is 4.79 Å². The summed E-state index contributed by atoms with van der Waals surface area (Å²) in [7, 11) is 0. The monoisotopic (exact) mass is 538 g/mol. The van der Waals surface area contributed by atoms with Gasteiger partial charge in [-0.05, 0) is 64.2 Å². The van der Waals surface area contributed by atoms with Crippen molar-refractivity contribution >= 4 is 44.5 Å². The number of halogens is 1. The number of ether oxygens (including phenoxy) is 2. The van der Waals surface area contributed by atoms with E-state index in [-0.39, 0.29) is 5.97 Å². The molecule has 0 amide bonds. The maximum atomic E-state index is 12.8. The number of hydrogen-bond acceptors (Lipinski definition) is 6. The number of nitrogens with zero attached hydrogens (tertiary/aromatic N) is 2. The predicted molar refractivity (Wildman–Crippen MR) is 142 cm³/mol. The molecular formula is C27H27BrN2O3S. The summed E-state index contributed by atoms with van der Waals surface area (Å²) in [4.78, 5) is 21.2. The van der Waals surface area contributed by atoms with Crippen LogP contribution in [0, 0.1) is 0 Å². The fourth-order valence-corrected chi connectivity index (χ4v) is 5.65. The van der Waals surface area contributed by atoms with Crippen molar-refractivity contribution in [3.05, 3.63) is 92.8 Å². The van der Waals surface area contributed by atoms with E-state index in [0.29, 0.717) is 23.8 Å². The molecule has 0 unspecified atom stereocenters. The average Bonchev–Trinajstić information content (AvgIpc) is 3.20. The summed E-state index contributed by atoms with van der Waals surface area (Å²) in [5.41, 5.74) is 3.89. The number of benzene rings is 2. The average molecular weight is 539 g/mol. The molecule has 0 fully saturated rings. The van der Waals surface area contributed by atoms with Crippen molar-refractivity contribution in [1.82, 2.24) is 4.90 Å². The van der Waals surface area contributed by atoms with E-state index in [1.807, 2.05) is 31.2 Å². The number of carbonyl (C=O) groups is 1. The minimum absolute atomic E-state index is 0.294. The van der Waals surface area contributed by atoms with Gasteiger partial charge in [-0.2, -0.15) is 0 Å². The third kappa shape index (κ3) is 5.84. The SMILES string of the molecule is C=CCOc1ccc(C=Nc2sc3c(c2C(=O)OCC)CCN(Cc2ccccc2)C3)cc1Br. The number of esters is 1. The Hall–Kier alpha value is -2.74. The van der Waals surface area contributed by atoms with Gasteiger partial charge in [0.25, 0.3) is 0 Å². The summed E-state index contributed by atoms with van der Waals surface area (Å²) >= 11 is 5.12. The summed E-state index contributed by atoms with van der Waals surface area (Å²) < 4.78 is 11.8. The van der Waals surface area contributed by atoms with Crippen LogP contribution in [-0.2, 0) is 24.2 Å². The lowest BCUT2D eigenvalue weighted by molar-refractivity contribution is 0.0526. The fraction of sp³-hybridized carbons (Fsp3) is 0.259. The molecule has 3 aromatic rings. The van der Waals surface area contributed by atoms with Crippen molar-refractivity contribution in [3.63, 3.8) is 0 Å². The number of rotatable bonds is 9. The highest BCUT2D eigenvalue weighted by molar-refractivity contribution is 9.10. The number of thiophene rings is 1. The van der Waals surface area contributed by atoms with E-state index < -0.39 is 0 Å². The first-order valence-electron chi connectivity index (χ1n) is 11.2. The van der Waals surface area contributed by atoms with Crippen LogP contribution in [0.2, 0.25) is 0 Å². The van der Waals surface area contributed by atoms with Gasteiger partial charge in [0.15, 0.2) is 0 Å². The molecular weight excluding hydrogens is 512 g/mol. The summed E-state index contributed by atoms with van der Waals surface area (Å²) in [5, 5.41) is 0.702. The Morgan fingerprint density at radius 2 is 2.09 bits per heavy atom. The first-order valence-corrected chi connectivity index (χ1v) is 12.8. The molecule has 7 heteroatoms. The van der Waals surface area contributed by atoms with Crippen molar-refractivity contribution in [2.24, 2.45) is 4.99 Å². The maximum absolute atomic E-state index is 12.8. The Morgan fingerprint density at radius 1 is 1.26 bits per heavy atom. The number of fused-ring (bicyclic) bond motifs is 1. The highest BCUT2D eigenvalue weighted by Gasteiger charge is 2.28. The minimum Gasteiger partial charge on any atom is -0.488 e. The molecule has 1 aliphatic rings. The molecule has 0 atom stereocenters. The molecule has 0 saturated carbocycles. The topological polar surface area (TPSA) is 51.1 Å². The molecule has 0 N–H and O–H groups in total. The lowest BCUT2D eigenvalue weighted by Crippen LogP contribution is -2.29. The zero-order valence-electron chi connectivity index (χ0n) is 19.1. The molecule has 2 aromatic carbocycles. The van der Waals surface area contributed by atoms with Gasteiger partial charge >= 0.3 is 5.97 Å². The third-order valence-corrected chi connectivity index (χ3v) is 7.23. The highest BCUT2D eigenvalue weighted by atomic mass is 79.9. The van der Waals surface area contributed by atoms with Crippen LogP contribution in [0.4, 0.5) is 5.00 Å². The second-order valence-electron chi connectivity index (χ2n) is 7.90. The van der Waals surface area contributed by atoms with Crippen molar-refractivity contribution in [2.75, 3.05) is 19.8 Å². The zero-order valence-corrected chi connectivity index (χ0v) is 21.5.